The van der Waals surface area contributed by atoms with Crippen molar-refractivity contribution in [3.8, 4) is 0 Å². The molecule has 0 N–H and O–H groups in total. The molecular formula is C12H13N3O5. The fourth-order valence-electron chi connectivity index (χ4n) is 2.38. The number of aldehydes is 1. The highest BCUT2D eigenvalue weighted by Gasteiger charge is 2.27. The second kappa shape index (κ2) is 5.64. The molecule has 1 aliphatic heterocycles. The molecule has 0 spiro atoms. The van der Waals surface area contributed by atoms with Gasteiger partial charge in [-0.1, -0.05) is 0 Å². The third-order valence-corrected chi connectivity index (χ3v) is 3.36. The molecule has 0 saturated carbocycles. The van der Waals surface area contributed by atoms with Crippen LogP contribution in [0.15, 0.2) is 18.2 Å². The van der Waals surface area contributed by atoms with Crippen LogP contribution in [0.4, 0.5) is 17.1 Å². The molecule has 0 amide bonds. The molecule has 8 nitrogen and oxygen atoms in total. The molecule has 0 radical (unpaired) electrons. The molecular weight excluding hydrogens is 266 g/mol. The molecule has 0 aliphatic carbocycles. The Balaban J connectivity index is 2.37. The summed E-state index contributed by atoms with van der Waals surface area (Å²) in [6.45, 7) is 1.01. The monoisotopic (exact) mass is 279 g/mol. The number of carbonyl (C=O) groups is 1. The highest BCUT2D eigenvalue weighted by Crippen LogP contribution is 2.34. The summed E-state index contributed by atoms with van der Waals surface area (Å²) >= 11 is 0. The van der Waals surface area contributed by atoms with Crippen molar-refractivity contribution >= 4 is 23.3 Å². The summed E-state index contributed by atoms with van der Waals surface area (Å²) in [4.78, 5) is 33.1. The molecule has 0 bridgehead atoms. The number of piperidine rings is 1. The predicted octanol–water partition coefficient (Wildman–Crippen LogP) is 1.92. The smallest absolute Gasteiger partial charge is 0.299 e. The van der Waals surface area contributed by atoms with Gasteiger partial charge in [0.2, 0.25) is 0 Å². The summed E-state index contributed by atoms with van der Waals surface area (Å²) in [7, 11) is 0. The molecule has 1 aromatic carbocycles. The maximum absolute atomic E-state index is 11.1. The second-order valence-corrected chi connectivity index (χ2v) is 4.67. The van der Waals surface area contributed by atoms with Crippen LogP contribution in [-0.2, 0) is 4.79 Å². The standard InChI is InChI=1S/C12H13N3O5/c16-8-9-2-1-5-13(7-9)11-4-3-10(14(17)18)6-12(11)15(19)20/h3-4,6,8-9H,1-2,5,7H2. The zero-order valence-electron chi connectivity index (χ0n) is 10.6. The first kappa shape index (κ1) is 13.9. The SMILES string of the molecule is O=CC1CCCN(c2ccc([N+](=O)[O-])cc2[N+](=O)[O-])C1. The van der Waals surface area contributed by atoms with Crippen molar-refractivity contribution < 1.29 is 14.6 Å². The van der Waals surface area contributed by atoms with Gasteiger partial charge in [-0.25, -0.2) is 0 Å². The van der Waals surface area contributed by atoms with Crippen LogP contribution in [0.2, 0.25) is 0 Å². The molecule has 1 aromatic rings. The van der Waals surface area contributed by atoms with E-state index in [1.54, 1.807) is 4.90 Å². The Bertz CT molecular complexity index is 560. The fraction of sp³-hybridized carbons (Fsp3) is 0.417. The zero-order valence-corrected chi connectivity index (χ0v) is 10.6. The van der Waals surface area contributed by atoms with Gasteiger partial charge in [0.25, 0.3) is 11.4 Å². The summed E-state index contributed by atoms with van der Waals surface area (Å²) in [5.74, 6) is -0.154. The molecule has 1 heterocycles. The highest BCUT2D eigenvalue weighted by atomic mass is 16.6. The quantitative estimate of drug-likeness (QED) is 0.473. The van der Waals surface area contributed by atoms with E-state index in [9.17, 15) is 25.0 Å². The van der Waals surface area contributed by atoms with E-state index < -0.39 is 9.85 Å². The van der Waals surface area contributed by atoms with Crippen LogP contribution < -0.4 is 4.90 Å². The van der Waals surface area contributed by atoms with E-state index in [0.29, 0.717) is 18.8 Å². The number of nitrogens with zero attached hydrogens (tertiary/aromatic N) is 3. The van der Waals surface area contributed by atoms with Crippen LogP contribution in [0, 0.1) is 26.1 Å². The number of hydrogen-bond acceptors (Lipinski definition) is 6. The predicted molar refractivity (Wildman–Crippen MR) is 70.8 cm³/mol. The Morgan fingerprint density at radius 1 is 1.25 bits per heavy atom. The number of anilines is 1. The van der Waals surface area contributed by atoms with Crippen molar-refractivity contribution in [3.63, 3.8) is 0 Å². The Kier molecular flexibility index (Phi) is 3.92. The number of non-ortho nitro benzene ring substituents is 1. The van der Waals surface area contributed by atoms with Crippen LogP contribution >= 0.6 is 0 Å². The van der Waals surface area contributed by atoms with Gasteiger partial charge in [0.05, 0.1) is 15.9 Å². The third-order valence-electron chi connectivity index (χ3n) is 3.36. The number of carbonyl (C=O) groups excluding carboxylic acids is 1. The van der Waals surface area contributed by atoms with Gasteiger partial charge >= 0.3 is 0 Å². The second-order valence-electron chi connectivity index (χ2n) is 4.67. The van der Waals surface area contributed by atoms with Crippen molar-refractivity contribution in [1.29, 1.82) is 0 Å². The van der Waals surface area contributed by atoms with Gasteiger partial charge in [-0.15, -0.1) is 0 Å². The maximum atomic E-state index is 11.1. The lowest BCUT2D eigenvalue weighted by atomic mass is 9.99. The number of nitro benzene ring substituents is 2. The largest absolute Gasteiger partial charge is 0.365 e. The topological polar surface area (TPSA) is 107 Å². The van der Waals surface area contributed by atoms with Crippen molar-refractivity contribution in [3.05, 3.63) is 38.4 Å². The summed E-state index contributed by atoms with van der Waals surface area (Å²) in [6, 6.07) is 3.58. The molecule has 1 saturated heterocycles. The first-order valence-corrected chi connectivity index (χ1v) is 6.16. The van der Waals surface area contributed by atoms with Gasteiger partial charge < -0.3 is 9.69 Å². The Morgan fingerprint density at radius 3 is 2.60 bits per heavy atom. The van der Waals surface area contributed by atoms with Gasteiger partial charge in [0, 0.05) is 25.1 Å². The van der Waals surface area contributed by atoms with Gasteiger partial charge in [-0.3, -0.25) is 20.2 Å². The minimum absolute atomic E-state index is 0.154. The number of rotatable bonds is 4. The van der Waals surface area contributed by atoms with E-state index >= 15 is 0 Å². The van der Waals surface area contributed by atoms with Crippen LogP contribution in [0.1, 0.15) is 12.8 Å². The molecule has 0 aromatic heterocycles. The van der Waals surface area contributed by atoms with Gasteiger partial charge in [-0.2, -0.15) is 0 Å². The lowest BCUT2D eigenvalue weighted by Gasteiger charge is -2.31. The van der Waals surface area contributed by atoms with E-state index in [0.717, 1.165) is 25.2 Å². The Labute approximate surface area is 114 Å². The van der Waals surface area contributed by atoms with Crippen molar-refractivity contribution in [2.75, 3.05) is 18.0 Å². The van der Waals surface area contributed by atoms with Crippen molar-refractivity contribution in [2.24, 2.45) is 5.92 Å². The molecule has 8 heteroatoms. The molecule has 1 unspecified atom stereocenters. The van der Waals surface area contributed by atoms with Crippen LogP contribution in [-0.4, -0.2) is 29.2 Å². The fourth-order valence-corrected chi connectivity index (χ4v) is 2.38. The minimum atomic E-state index is -0.665. The third kappa shape index (κ3) is 2.73. The zero-order chi connectivity index (χ0) is 14.7. The molecule has 2 rings (SSSR count). The Hall–Kier alpha value is -2.51. The lowest BCUT2D eigenvalue weighted by Crippen LogP contribution is -2.36. The van der Waals surface area contributed by atoms with Gasteiger partial charge in [0.15, 0.2) is 0 Å². The van der Waals surface area contributed by atoms with E-state index in [1.807, 2.05) is 0 Å². The summed E-state index contributed by atoms with van der Waals surface area (Å²) in [6.07, 6.45) is 2.38. The first-order chi connectivity index (χ1) is 9.52. The molecule has 106 valence electrons. The molecule has 1 atom stereocenters. The Morgan fingerprint density at radius 2 is 2.00 bits per heavy atom. The average molecular weight is 279 g/mol. The normalized spacial score (nSPS) is 18.6. The van der Waals surface area contributed by atoms with E-state index in [2.05, 4.69) is 0 Å². The molecule has 1 fully saturated rings. The van der Waals surface area contributed by atoms with Crippen molar-refractivity contribution in [2.45, 2.75) is 12.8 Å². The summed E-state index contributed by atoms with van der Waals surface area (Å²) in [5.41, 5.74) is -0.290. The lowest BCUT2D eigenvalue weighted by molar-refractivity contribution is -0.393. The summed E-state index contributed by atoms with van der Waals surface area (Å²) < 4.78 is 0. The number of nitro groups is 2. The van der Waals surface area contributed by atoms with Gasteiger partial charge in [0.1, 0.15) is 12.0 Å². The van der Waals surface area contributed by atoms with E-state index in [1.165, 1.54) is 12.1 Å². The number of benzene rings is 1. The van der Waals surface area contributed by atoms with Crippen LogP contribution in [0.3, 0.4) is 0 Å². The molecule has 20 heavy (non-hydrogen) atoms. The maximum Gasteiger partial charge on any atom is 0.299 e. The van der Waals surface area contributed by atoms with E-state index in [-0.39, 0.29) is 17.3 Å². The molecule has 1 aliphatic rings. The minimum Gasteiger partial charge on any atom is -0.365 e. The van der Waals surface area contributed by atoms with Crippen LogP contribution in [0.25, 0.3) is 0 Å². The van der Waals surface area contributed by atoms with Crippen molar-refractivity contribution in [1.82, 2.24) is 0 Å². The van der Waals surface area contributed by atoms with Crippen LogP contribution in [0.5, 0.6) is 0 Å². The average Bonchev–Trinajstić information content (AvgIpc) is 2.46. The van der Waals surface area contributed by atoms with E-state index in [4.69, 9.17) is 0 Å². The highest BCUT2D eigenvalue weighted by molar-refractivity contribution is 5.68. The summed E-state index contributed by atoms with van der Waals surface area (Å²) in [5, 5.41) is 21.8. The van der Waals surface area contributed by atoms with Gasteiger partial charge in [-0.05, 0) is 18.9 Å². The first-order valence-electron chi connectivity index (χ1n) is 6.16. The number of hydrogen-bond donors (Lipinski definition) is 0.